The first-order valence-corrected chi connectivity index (χ1v) is 14.6. The van der Waals surface area contributed by atoms with Crippen molar-refractivity contribution in [2.45, 2.75) is 78.4 Å². The summed E-state index contributed by atoms with van der Waals surface area (Å²) in [7, 11) is 0. The molecule has 0 aliphatic carbocycles. The molecule has 0 N–H and O–H groups in total. The van der Waals surface area contributed by atoms with Crippen molar-refractivity contribution in [3.05, 3.63) is 57.6 Å². The van der Waals surface area contributed by atoms with E-state index in [1.165, 1.54) is 33.4 Å². The Hall–Kier alpha value is -2.12. The highest BCUT2D eigenvalue weighted by Crippen LogP contribution is 2.30. The maximum atomic E-state index is 6.21. The van der Waals surface area contributed by atoms with Crippen LogP contribution < -0.4 is 9.47 Å². The van der Waals surface area contributed by atoms with Crippen molar-refractivity contribution in [1.29, 1.82) is 0 Å². The minimum atomic E-state index is 0.296. The molecule has 2 aliphatic heterocycles. The van der Waals surface area contributed by atoms with Gasteiger partial charge in [-0.15, -0.1) is 0 Å². The summed E-state index contributed by atoms with van der Waals surface area (Å²) in [4.78, 5) is 0. The van der Waals surface area contributed by atoms with Crippen molar-refractivity contribution in [3.8, 4) is 11.5 Å². The quantitative estimate of drug-likeness (QED) is 0.183. The molecule has 38 heavy (non-hydrogen) atoms. The van der Waals surface area contributed by atoms with Gasteiger partial charge in [-0.05, 0) is 71.9 Å². The van der Waals surface area contributed by atoms with Crippen molar-refractivity contribution in [2.75, 3.05) is 52.9 Å². The van der Waals surface area contributed by atoms with Gasteiger partial charge < -0.3 is 28.4 Å². The molecule has 2 aromatic rings. The maximum absolute atomic E-state index is 6.21. The van der Waals surface area contributed by atoms with Gasteiger partial charge >= 0.3 is 0 Å². The van der Waals surface area contributed by atoms with Gasteiger partial charge in [-0.3, -0.25) is 0 Å². The predicted octanol–water partition coefficient (Wildman–Crippen LogP) is 5.31. The first kappa shape index (κ1) is 28.9. The zero-order chi connectivity index (χ0) is 26.7. The van der Waals surface area contributed by atoms with Crippen LogP contribution in [0, 0.1) is 0 Å². The highest BCUT2D eigenvalue weighted by molar-refractivity contribution is 5.47. The lowest BCUT2D eigenvalue weighted by molar-refractivity contribution is 0.0873. The van der Waals surface area contributed by atoms with E-state index in [-0.39, 0.29) is 0 Å². The van der Waals surface area contributed by atoms with Crippen LogP contribution in [0.2, 0.25) is 0 Å². The Balaban J connectivity index is 1.36. The largest absolute Gasteiger partial charge is 0.491 e. The number of epoxide rings is 2. The Morgan fingerprint density at radius 3 is 1.21 bits per heavy atom. The molecule has 2 unspecified atom stereocenters. The Labute approximate surface area is 228 Å². The number of aryl methyl sites for hydroxylation is 6. The number of hydrogen-bond acceptors (Lipinski definition) is 6. The van der Waals surface area contributed by atoms with Crippen LogP contribution in [0.3, 0.4) is 0 Å². The molecule has 2 heterocycles. The Morgan fingerprint density at radius 1 is 0.579 bits per heavy atom. The van der Waals surface area contributed by atoms with Gasteiger partial charge in [0.15, 0.2) is 0 Å². The molecule has 4 rings (SSSR count). The molecule has 0 radical (unpaired) electrons. The molecule has 2 atom stereocenters. The number of benzene rings is 2. The van der Waals surface area contributed by atoms with Crippen LogP contribution in [0.25, 0.3) is 0 Å². The van der Waals surface area contributed by atoms with E-state index >= 15 is 0 Å². The van der Waals surface area contributed by atoms with Gasteiger partial charge in [0.2, 0.25) is 0 Å². The van der Waals surface area contributed by atoms with Crippen LogP contribution in [-0.4, -0.2) is 65.1 Å². The monoisotopic (exact) mass is 526 g/mol. The predicted molar refractivity (Wildman–Crippen MR) is 150 cm³/mol. The molecule has 0 spiro atoms. The summed E-state index contributed by atoms with van der Waals surface area (Å²) >= 11 is 0. The van der Waals surface area contributed by atoms with Crippen LogP contribution in [0.15, 0.2) is 24.3 Å². The van der Waals surface area contributed by atoms with E-state index in [1.54, 1.807) is 0 Å². The SMILES string of the molecule is CCc1cc(CCc2cc(CC)c(OCCOCC3CO3)c(CC)c2)cc(CC)c1OCCOCC1CO1. The molecule has 2 aromatic carbocycles. The van der Waals surface area contributed by atoms with Crippen molar-refractivity contribution >= 4 is 0 Å². The molecular weight excluding hydrogens is 480 g/mol. The fraction of sp³-hybridized carbons (Fsp3) is 0.625. The molecule has 0 saturated carbocycles. The molecule has 0 bridgehead atoms. The van der Waals surface area contributed by atoms with E-state index in [2.05, 4.69) is 52.0 Å². The third kappa shape index (κ3) is 8.70. The van der Waals surface area contributed by atoms with E-state index in [4.69, 9.17) is 28.4 Å². The molecule has 0 aromatic heterocycles. The molecule has 6 heteroatoms. The van der Waals surface area contributed by atoms with Crippen molar-refractivity contribution in [1.82, 2.24) is 0 Å². The molecular formula is C32H46O6. The lowest BCUT2D eigenvalue weighted by Crippen LogP contribution is -2.12. The first-order valence-electron chi connectivity index (χ1n) is 14.6. The minimum Gasteiger partial charge on any atom is -0.491 e. The fourth-order valence-electron chi connectivity index (χ4n) is 4.82. The average molecular weight is 527 g/mol. The molecule has 6 nitrogen and oxygen atoms in total. The van der Waals surface area contributed by atoms with Crippen LogP contribution in [-0.2, 0) is 57.5 Å². The zero-order valence-corrected chi connectivity index (χ0v) is 23.8. The van der Waals surface area contributed by atoms with Crippen LogP contribution in [0.4, 0.5) is 0 Å². The second kappa shape index (κ2) is 14.9. The molecule has 2 aliphatic rings. The molecule has 0 amide bonds. The number of rotatable bonds is 19. The van der Waals surface area contributed by atoms with Crippen LogP contribution in [0.1, 0.15) is 61.1 Å². The van der Waals surface area contributed by atoms with E-state index in [9.17, 15) is 0 Å². The number of hydrogen-bond donors (Lipinski definition) is 0. The van der Waals surface area contributed by atoms with Gasteiger partial charge in [0, 0.05) is 0 Å². The fourth-order valence-corrected chi connectivity index (χ4v) is 4.82. The van der Waals surface area contributed by atoms with Gasteiger partial charge in [0.1, 0.15) is 36.9 Å². The van der Waals surface area contributed by atoms with E-state index in [0.29, 0.717) is 51.8 Å². The standard InChI is InChI=1S/C32H46O6/c1-5-25-15-23(16-26(6-2)31(25)35-13-11-33-19-29-21-37-29)9-10-24-17-27(7-3)32(28(8-4)18-24)36-14-12-34-20-30-22-38-30/h15-18,29-30H,5-14,19-22H2,1-4H3. The summed E-state index contributed by atoms with van der Waals surface area (Å²) in [5.74, 6) is 2.09. The Kier molecular flexibility index (Phi) is 11.3. The van der Waals surface area contributed by atoms with Crippen molar-refractivity contribution in [2.24, 2.45) is 0 Å². The summed E-state index contributed by atoms with van der Waals surface area (Å²) in [5, 5.41) is 0. The lowest BCUT2D eigenvalue weighted by Gasteiger charge is -2.18. The summed E-state index contributed by atoms with van der Waals surface area (Å²) in [6.07, 6.45) is 6.43. The zero-order valence-electron chi connectivity index (χ0n) is 23.8. The van der Waals surface area contributed by atoms with Crippen molar-refractivity contribution in [3.63, 3.8) is 0 Å². The summed E-state index contributed by atoms with van der Waals surface area (Å²) in [5.41, 5.74) is 7.89. The van der Waals surface area contributed by atoms with Gasteiger partial charge in [-0.2, -0.15) is 0 Å². The molecule has 2 fully saturated rings. The summed E-state index contributed by atoms with van der Waals surface area (Å²) in [6.45, 7) is 14.1. The Morgan fingerprint density at radius 2 is 0.921 bits per heavy atom. The first-order chi connectivity index (χ1) is 18.6. The highest BCUT2D eigenvalue weighted by atomic mass is 16.6. The second-order valence-electron chi connectivity index (χ2n) is 10.2. The highest BCUT2D eigenvalue weighted by Gasteiger charge is 2.23. The van der Waals surface area contributed by atoms with Crippen molar-refractivity contribution < 1.29 is 28.4 Å². The maximum Gasteiger partial charge on any atom is 0.125 e. The van der Waals surface area contributed by atoms with Crippen LogP contribution >= 0.6 is 0 Å². The van der Waals surface area contributed by atoms with Gasteiger partial charge in [-0.25, -0.2) is 0 Å². The summed E-state index contributed by atoms with van der Waals surface area (Å²) in [6, 6.07) is 9.33. The third-order valence-electron chi connectivity index (χ3n) is 7.19. The van der Waals surface area contributed by atoms with E-state index in [1.807, 2.05) is 0 Å². The lowest BCUT2D eigenvalue weighted by atomic mass is 9.94. The second-order valence-corrected chi connectivity index (χ2v) is 10.2. The smallest absolute Gasteiger partial charge is 0.125 e. The molecule has 2 saturated heterocycles. The van der Waals surface area contributed by atoms with Crippen LogP contribution in [0.5, 0.6) is 11.5 Å². The average Bonchev–Trinajstić information content (AvgIpc) is 3.87. The minimum absolute atomic E-state index is 0.296. The van der Waals surface area contributed by atoms with Gasteiger partial charge in [-0.1, -0.05) is 52.0 Å². The normalized spacial score (nSPS) is 18.0. The number of ether oxygens (including phenoxy) is 6. The Bertz CT molecular complexity index is 879. The molecule has 210 valence electrons. The summed E-state index contributed by atoms with van der Waals surface area (Å²) < 4.78 is 34.1. The van der Waals surface area contributed by atoms with Gasteiger partial charge in [0.05, 0.1) is 39.6 Å². The topological polar surface area (TPSA) is 62.0 Å². The van der Waals surface area contributed by atoms with E-state index < -0.39 is 0 Å². The van der Waals surface area contributed by atoms with E-state index in [0.717, 1.165) is 63.2 Å². The van der Waals surface area contributed by atoms with Gasteiger partial charge in [0.25, 0.3) is 0 Å². The third-order valence-corrected chi connectivity index (χ3v) is 7.19.